The Hall–Kier alpha value is -2.37. The van der Waals surface area contributed by atoms with Gasteiger partial charge in [-0.25, -0.2) is 4.98 Å². The molecule has 2 heterocycles. The van der Waals surface area contributed by atoms with E-state index in [9.17, 15) is 9.59 Å². The smallest absolute Gasteiger partial charge is 0.248 e. The SMILES string of the molecule is C=CC(=O)Nc1ccc(N2CCN(C(=O)C3CC3)CC2)cn1. The third-order valence-electron chi connectivity index (χ3n) is 4.07. The molecule has 1 saturated carbocycles. The Morgan fingerprint density at radius 1 is 1.23 bits per heavy atom. The number of amides is 2. The zero-order valence-corrected chi connectivity index (χ0v) is 12.5. The lowest BCUT2D eigenvalue weighted by Crippen LogP contribution is -2.49. The van der Waals surface area contributed by atoms with Gasteiger partial charge in [0.1, 0.15) is 5.82 Å². The predicted molar refractivity (Wildman–Crippen MR) is 84.6 cm³/mol. The van der Waals surface area contributed by atoms with Crippen LogP contribution in [0, 0.1) is 5.92 Å². The van der Waals surface area contributed by atoms with Crippen LogP contribution in [-0.4, -0.2) is 47.9 Å². The highest BCUT2D eigenvalue weighted by Crippen LogP contribution is 2.31. The Morgan fingerprint density at radius 2 is 1.95 bits per heavy atom. The van der Waals surface area contributed by atoms with E-state index in [1.54, 1.807) is 12.3 Å². The molecule has 2 aliphatic rings. The van der Waals surface area contributed by atoms with E-state index in [-0.39, 0.29) is 5.91 Å². The molecule has 22 heavy (non-hydrogen) atoms. The zero-order chi connectivity index (χ0) is 15.5. The summed E-state index contributed by atoms with van der Waals surface area (Å²) >= 11 is 0. The first-order valence-corrected chi connectivity index (χ1v) is 7.60. The van der Waals surface area contributed by atoms with Gasteiger partial charge in [-0.1, -0.05) is 6.58 Å². The maximum atomic E-state index is 12.0. The summed E-state index contributed by atoms with van der Waals surface area (Å²) in [5.74, 6) is 0.852. The molecule has 1 aliphatic heterocycles. The second-order valence-corrected chi connectivity index (χ2v) is 5.68. The van der Waals surface area contributed by atoms with Crippen LogP contribution in [0.15, 0.2) is 31.0 Å². The number of aromatic nitrogens is 1. The quantitative estimate of drug-likeness (QED) is 0.850. The van der Waals surface area contributed by atoms with Crippen LogP contribution in [0.4, 0.5) is 11.5 Å². The maximum Gasteiger partial charge on any atom is 0.248 e. The molecule has 1 aromatic heterocycles. The lowest BCUT2D eigenvalue weighted by Gasteiger charge is -2.36. The maximum absolute atomic E-state index is 12.0. The first kappa shape index (κ1) is 14.6. The second kappa shape index (κ2) is 6.17. The normalized spacial score (nSPS) is 18.0. The van der Waals surface area contributed by atoms with Crippen LogP contribution >= 0.6 is 0 Å². The van der Waals surface area contributed by atoms with Gasteiger partial charge in [0.05, 0.1) is 11.9 Å². The van der Waals surface area contributed by atoms with Crippen LogP contribution < -0.4 is 10.2 Å². The van der Waals surface area contributed by atoms with E-state index in [0.29, 0.717) is 17.6 Å². The van der Waals surface area contributed by atoms with Crippen molar-refractivity contribution in [1.29, 1.82) is 0 Å². The van der Waals surface area contributed by atoms with Crippen LogP contribution in [0.1, 0.15) is 12.8 Å². The van der Waals surface area contributed by atoms with Crippen molar-refractivity contribution in [2.24, 2.45) is 5.92 Å². The minimum absolute atomic E-state index is 0.271. The lowest BCUT2D eigenvalue weighted by molar-refractivity contribution is -0.132. The van der Waals surface area contributed by atoms with E-state index in [4.69, 9.17) is 0 Å². The molecule has 2 fully saturated rings. The van der Waals surface area contributed by atoms with E-state index in [1.165, 1.54) is 6.08 Å². The first-order valence-electron chi connectivity index (χ1n) is 7.60. The zero-order valence-electron chi connectivity index (χ0n) is 12.5. The van der Waals surface area contributed by atoms with Crippen LogP contribution in [0.3, 0.4) is 0 Å². The summed E-state index contributed by atoms with van der Waals surface area (Å²) in [4.78, 5) is 31.7. The molecule has 1 aliphatic carbocycles. The number of hydrogen-bond acceptors (Lipinski definition) is 4. The summed E-state index contributed by atoms with van der Waals surface area (Å²) in [7, 11) is 0. The number of nitrogens with zero attached hydrogens (tertiary/aromatic N) is 3. The van der Waals surface area contributed by atoms with Crippen molar-refractivity contribution in [2.75, 3.05) is 36.4 Å². The van der Waals surface area contributed by atoms with Gasteiger partial charge in [-0.15, -0.1) is 0 Å². The van der Waals surface area contributed by atoms with Gasteiger partial charge < -0.3 is 15.1 Å². The molecule has 0 aromatic carbocycles. The molecule has 0 bridgehead atoms. The van der Waals surface area contributed by atoms with Gasteiger partial charge in [0.2, 0.25) is 11.8 Å². The Balaban J connectivity index is 1.55. The molecular formula is C16H20N4O2. The van der Waals surface area contributed by atoms with Crippen molar-refractivity contribution < 1.29 is 9.59 Å². The molecule has 1 saturated heterocycles. The van der Waals surface area contributed by atoms with Gasteiger partial charge in [0.15, 0.2) is 0 Å². The average Bonchev–Trinajstić information content (AvgIpc) is 3.40. The van der Waals surface area contributed by atoms with E-state index in [2.05, 4.69) is 21.8 Å². The summed E-state index contributed by atoms with van der Waals surface area (Å²) in [6.45, 7) is 6.58. The fourth-order valence-corrected chi connectivity index (χ4v) is 2.60. The van der Waals surface area contributed by atoms with Crippen LogP contribution in [0.25, 0.3) is 0 Å². The van der Waals surface area contributed by atoms with Gasteiger partial charge in [0, 0.05) is 32.1 Å². The number of hydrogen-bond donors (Lipinski definition) is 1. The molecule has 0 radical (unpaired) electrons. The summed E-state index contributed by atoms with van der Waals surface area (Å²) in [5, 5.41) is 2.62. The summed E-state index contributed by atoms with van der Waals surface area (Å²) in [5.41, 5.74) is 1.01. The molecule has 3 rings (SSSR count). The highest BCUT2D eigenvalue weighted by Gasteiger charge is 2.34. The summed E-state index contributed by atoms with van der Waals surface area (Å²) in [6, 6.07) is 3.71. The number of nitrogens with one attached hydrogen (secondary N) is 1. The lowest BCUT2D eigenvalue weighted by atomic mass is 10.2. The molecule has 0 unspecified atom stereocenters. The van der Waals surface area contributed by atoms with Crippen molar-refractivity contribution in [3.05, 3.63) is 31.0 Å². The standard InChI is InChI=1S/C16H20N4O2/c1-2-15(21)18-14-6-5-13(11-17-14)19-7-9-20(10-8-19)16(22)12-3-4-12/h2,5-6,11-12H,1,3-4,7-10H2,(H,17,18,21). The van der Waals surface area contributed by atoms with Crippen molar-refractivity contribution in [3.63, 3.8) is 0 Å². The summed E-state index contributed by atoms with van der Waals surface area (Å²) < 4.78 is 0. The Kier molecular flexibility index (Phi) is 4.09. The highest BCUT2D eigenvalue weighted by atomic mass is 16.2. The van der Waals surface area contributed by atoms with Gasteiger partial charge in [-0.05, 0) is 31.1 Å². The average molecular weight is 300 g/mol. The van der Waals surface area contributed by atoms with Crippen molar-refractivity contribution >= 4 is 23.3 Å². The highest BCUT2D eigenvalue weighted by molar-refractivity contribution is 5.98. The minimum atomic E-state index is -0.271. The van der Waals surface area contributed by atoms with Crippen LogP contribution in [0.2, 0.25) is 0 Å². The van der Waals surface area contributed by atoms with Crippen LogP contribution in [-0.2, 0) is 9.59 Å². The van der Waals surface area contributed by atoms with Crippen LogP contribution in [0.5, 0.6) is 0 Å². The van der Waals surface area contributed by atoms with Gasteiger partial charge in [-0.2, -0.15) is 0 Å². The monoisotopic (exact) mass is 300 g/mol. The third-order valence-corrected chi connectivity index (χ3v) is 4.07. The third kappa shape index (κ3) is 3.27. The fourth-order valence-electron chi connectivity index (χ4n) is 2.60. The van der Waals surface area contributed by atoms with E-state index in [1.807, 2.05) is 11.0 Å². The molecule has 2 amide bonds. The van der Waals surface area contributed by atoms with Crippen molar-refractivity contribution in [2.45, 2.75) is 12.8 Å². The molecular weight excluding hydrogens is 280 g/mol. The van der Waals surface area contributed by atoms with Gasteiger partial charge in [-0.3, -0.25) is 9.59 Å². The number of anilines is 2. The number of rotatable bonds is 4. The van der Waals surface area contributed by atoms with Gasteiger partial charge >= 0.3 is 0 Å². The number of pyridine rings is 1. The van der Waals surface area contributed by atoms with E-state index >= 15 is 0 Å². The largest absolute Gasteiger partial charge is 0.367 e. The molecule has 0 atom stereocenters. The van der Waals surface area contributed by atoms with Gasteiger partial charge in [0.25, 0.3) is 0 Å². The van der Waals surface area contributed by atoms with Crippen molar-refractivity contribution in [3.8, 4) is 0 Å². The fraction of sp³-hybridized carbons (Fsp3) is 0.438. The van der Waals surface area contributed by atoms with E-state index in [0.717, 1.165) is 44.7 Å². The topological polar surface area (TPSA) is 65.5 Å². The second-order valence-electron chi connectivity index (χ2n) is 5.68. The summed E-state index contributed by atoms with van der Waals surface area (Å²) in [6.07, 6.45) is 5.07. The predicted octanol–water partition coefficient (Wildman–Crippen LogP) is 1.26. The molecule has 1 N–H and O–H groups in total. The Labute approximate surface area is 129 Å². The molecule has 6 nitrogen and oxygen atoms in total. The minimum Gasteiger partial charge on any atom is -0.367 e. The molecule has 1 aromatic rings. The van der Waals surface area contributed by atoms with E-state index < -0.39 is 0 Å². The van der Waals surface area contributed by atoms with Crippen molar-refractivity contribution in [1.82, 2.24) is 9.88 Å². The molecule has 0 spiro atoms. The number of carbonyl (C=O) groups is 2. The molecule has 116 valence electrons. The Bertz CT molecular complexity index is 572. The number of carbonyl (C=O) groups excluding carboxylic acids is 2. The molecule has 6 heteroatoms. The first-order chi connectivity index (χ1) is 10.7. The Morgan fingerprint density at radius 3 is 2.50 bits per heavy atom. The number of piperazine rings is 1.